The lowest BCUT2D eigenvalue weighted by atomic mass is 9.92. The van der Waals surface area contributed by atoms with Gasteiger partial charge in [-0.25, -0.2) is 0 Å². The Morgan fingerprint density at radius 3 is 2.34 bits per heavy atom. The summed E-state index contributed by atoms with van der Waals surface area (Å²) < 4.78 is 5.93. The number of nitrogens with two attached hydrogens (primary N) is 1. The minimum absolute atomic E-state index is 0.111. The number of hydrogen-bond donors (Lipinski definition) is 2. The zero-order chi connectivity index (χ0) is 23.1. The Balaban J connectivity index is 1.71. The van der Waals surface area contributed by atoms with Gasteiger partial charge in [-0.15, -0.1) is 0 Å². The molecule has 0 aromatic heterocycles. The van der Waals surface area contributed by atoms with Crippen LogP contribution in [0, 0.1) is 28.1 Å². The second-order valence-corrected chi connectivity index (χ2v) is 9.54. The van der Waals surface area contributed by atoms with Crippen LogP contribution in [0.3, 0.4) is 0 Å². The van der Waals surface area contributed by atoms with Gasteiger partial charge in [0.2, 0.25) is 0 Å². The molecule has 1 heterocycles. The van der Waals surface area contributed by atoms with Crippen molar-refractivity contribution in [1.29, 1.82) is 10.7 Å². The first-order chi connectivity index (χ1) is 15.3. The van der Waals surface area contributed by atoms with Gasteiger partial charge in [-0.1, -0.05) is 32.9 Å². The number of anilines is 1. The minimum Gasteiger partial charge on any atom is -0.489 e. The smallest absolute Gasteiger partial charge is 0.198 e. The van der Waals surface area contributed by atoms with Crippen molar-refractivity contribution in [3.63, 3.8) is 0 Å². The molecular formula is C26H35N5O. The lowest BCUT2D eigenvalue weighted by Gasteiger charge is -2.40. The molecule has 3 rings (SSSR count). The molecule has 1 fully saturated rings. The molecule has 0 unspecified atom stereocenters. The summed E-state index contributed by atoms with van der Waals surface area (Å²) in [5.74, 6) is 2.04. The largest absolute Gasteiger partial charge is 0.489 e. The highest BCUT2D eigenvalue weighted by molar-refractivity contribution is 5.94. The maximum atomic E-state index is 8.94. The molecule has 2 aromatic rings. The Labute approximate surface area is 192 Å². The summed E-state index contributed by atoms with van der Waals surface area (Å²) in [6.45, 7) is 10.1. The number of hydrogen-bond acceptors (Lipinski definition) is 4. The molecular weight excluding hydrogens is 398 g/mol. The maximum absolute atomic E-state index is 8.94. The van der Waals surface area contributed by atoms with E-state index in [4.69, 9.17) is 21.1 Å². The van der Waals surface area contributed by atoms with Crippen LogP contribution in [0.1, 0.15) is 44.7 Å². The fourth-order valence-electron chi connectivity index (χ4n) is 3.74. The van der Waals surface area contributed by atoms with Gasteiger partial charge in [0.25, 0.3) is 0 Å². The SMILES string of the molecule is CC1CCN(C(=N)N(CC(C)(C)CN)c2ccc(OCc3ccc(C#N)cc3)cc2)CC1. The number of guanidine groups is 1. The van der Waals surface area contributed by atoms with Gasteiger partial charge in [0.1, 0.15) is 12.4 Å². The summed E-state index contributed by atoms with van der Waals surface area (Å²) in [6, 6.07) is 17.5. The zero-order valence-corrected chi connectivity index (χ0v) is 19.5. The van der Waals surface area contributed by atoms with E-state index < -0.39 is 0 Å². The highest BCUT2D eigenvalue weighted by atomic mass is 16.5. The maximum Gasteiger partial charge on any atom is 0.198 e. The molecule has 1 aliphatic heterocycles. The van der Waals surface area contributed by atoms with Crippen LogP contribution in [0.4, 0.5) is 5.69 Å². The summed E-state index contributed by atoms with van der Waals surface area (Å²) in [4.78, 5) is 4.26. The number of piperidine rings is 1. The molecule has 0 bridgehead atoms. The van der Waals surface area contributed by atoms with Gasteiger partial charge < -0.3 is 20.3 Å². The van der Waals surface area contributed by atoms with Gasteiger partial charge in [-0.2, -0.15) is 5.26 Å². The lowest BCUT2D eigenvalue weighted by Crippen LogP contribution is -2.51. The van der Waals surface area contributed by atoms with Crippen molar-refractivity contribution < 1.29 is 4.74 Å². The van der Waals surface area contributed by atoms with Crippen LogP contribution in [-0.4, -0.2) is 37.0 Å². The van der Waals surface area contributed by atoms with E-state index in [0.717, 1.165) is 48.8 Å². The Bertz CT molecular complexity index is 922. The summed E-state index contributed by atoms with van der Waals surface area (Å²) in [5.41, 5.74) is 8.54. The highest BCUT2D eigenvalue weighted by Gasteiger charge is 2.27. The minimum atomic E-state index is -0.111. The van der Waals surface area contributed by atoms with E-state index in [0.29, 0.717) is 31.2 Å². The second-order valence-electron chi connectivity index (χ2n) is 9.54. The third-order valence-corrected chi connectivity index (χ3v) is 6.11. The van der Waals surface area contributed by atoms with Gasteiger partial charge >= 0.3 is 0 Å². The molecule has 0 aliphatic carbocycles. The number of nitriles is 1. The molecule has 0 atom stereocenters. The van der Waals surface area contributed by atoms with Gasteiger partial charge in [0.05, 0.1) is 11.6 Å². The fourth-order valence-corrected chi connectivity index (χ4v) is 3.74. The first-order valence-electron chi connectivity index (χ1n) is 11.3. The Morgan fingerprint density at radius 2 is 1.78 bits per heavy atom. The topological polar surface area (TPSA) is 89.4 Å². The van der Waals surface area contributed by atoms with Crippen LogP contribution in [0.25, 0.3) is 0 Å². The highest BCUT2D eigenvalue weighted by Crippen LogP contribution is 2.27. The van der Waals surface area contributed by atoms with Gasteiger partial charge in [0, 0.05) is 25.3 Å². The van der Waals surface area contributed by atoms with E-state index in [9.17, 15) is 0 Å². The normalized spacial score (nSPS) is 14.7. The summed E-state index contributed by atoms with van der Waals surface area (Å²) in [6.07, 6.45) is 2.25. The van der Waals surface area contributed by atoms with Crippen LogP contribution < -0.4 is 15.4 Å². The average Bonchev–Trinajstić information content (AvgIpc) is 2.82. The van der Waals surface area contributed by atoms with Crippen molar-refractivity contribution in [2.45, 2.75) is 40.2 Å². The Morgan fingerprint density at radius 1 is 1.16 bits per heavy atom. The molecule has 0 amide bonds. The molecule has 0 spiro atoms. The van der Waals surface area contributed by atoms with Crippen molar-refractivity contribution in [3.8, 4) is 11.8 Å². The number of nitrogens with zero attached hydrogens (tertiary/aromatic N) is 3. The molecule has 2 aromatic carbocycles. The van der Waals surface area contributed by atoms with E-state index in [1.165, 1.54) is 0 Å². The van der Waals surface area contributed by atoms with Crippen molar-refractivity contribution >= 4 is 11.6 Å². The van der Waals surface area contributed by atoms with E-state index in [-0.39, 0.29) is 5.41 Å². The van der Waals surface area contributed by atoms with Crippen LogP contribution in [0.2, 0.25) is 0 Å². The number of ether oxygens (including phenoxy) is 1. The van der Waals surface area contributed by atoms with E-state index in [2.05, 4.69) is 36.6 Å². The van der Waals surface area contributed by atoms with Crippen LogP contribution in [0.15, 0.2) is 48.5 Å². The number of likely N-dealkylation sites (tertiary alicyclic amines) is 1. The van der Waals surface area contributed by atoms with Crippen LogP contribution in [0.5, 0.6) is 5.75 Å². The Hall–Kier alpha value is -3.04. The van der Waals surface area contributed by atoms with Gasteiger partial charge in [-0.3, -0.25) is 5.41 Å². The molecule has 1 aliphatic rings. The second kappa shape index (κ2) is 10.5. The molecule has 32 heavy (non-hydrogen) atoms. The van der Waals surface area contributed by atoms with Gasteiger partial charge in [0.15, 0.2) is 5.96 Å². The molecule has 0 saturated carbocycles. The van der Waals surface area contributed by atoms with E-state index >= 15 is 0 Å². The first kappa shape index (κ1) is 23.6. The number of rotatable bonds is 7. The zero-order valence-electron chi connectivity index (χ0n) is 19.5. The molecule has 3 N–H and O–H groups in total. The summed E-state index contributed by atoms with van der Waals surface area (Å²) in [5, 5.41) is 17.9. The number of nitrogens with one attached hydrogen (secondary N) is 1. The van der Waals surface area contributed by atoms with Crippen molar-refractivity contribution in [1.82, 2.24) is 4.90 Å². The summed E-state index contributed by atoms with van der Waals surface area (Å²) >= 11 is 0. The average molecular weight is 434 g/mol. The third kappa shape index (κ3) is 6.24. The fraction of sp³-hybridized carbons (Fsp3) is 0.462. The first-order valence-corrected chi connectivity index (χ1v) is 11.3. The predicted molar refractivity (Wildman–Crippen MR) is 130 cm³/mol. The quantitative estimate of drug-likeness (QED) is 0.492. The Kier molecular flexibility index (Phi) is 7.76. The molecule has 6 nitrogen and oxygen atoms in total. The molecule has 170 valence electrons. The monoisotopic (exact) mass is 433 g/mol. The van der Waals surface area contributed by atoms with Gasteiger partial charge in [-0.05, 0) is 72.7 Å². The van der Waals surface area contributed by atoms with Crippen molar-refractivity contribution in [2.75, 3.05) is 31.1 Å². The van der Waals surface area contributed by atoms with E-state index in [1.54, 1.807) is 12.1 Å². The predicted octanol–water partition coefficient (Wildman–Crippen LogP) is 4.60. The molecule has 6 heteroatoms. The van der Waals surface area contributed by atoms with Crippen molar-refractivity contribution in [2.24, 2.45) is 17.1 Å². The van der Waals surface area contributed by atoms with E-state index in [1.807, 2.05) is 36.4 Å². The third-order valence-electron chi connectivity index (χ3n) is 6.11. The molecule has 1 saturated heterocycles. The molecule has 0 radical (unpaired) electrons. The van der Waals surface area contributed by atoms with Crippen LogP contribution in [-0.2, 0) is 6.61 Å². The van der Waals surface area contributed by atoms with Crippen molar-refractivity contribution in [3.05, 3.63) is 59.7 Å². The summed E-state index contributed by atoms with van der Waals surface area (Å²) in [7, 11) is 0. The lowest BCUT2D eigenvalue weighted by molar-refractivity contribution is 0.272. The number of benzene rings is 2. The van der Waals surface area contributed by atoms with Crippen LogP contribution >= 0.6 is 0 Å². The standard InChI is InChI=1S/C26H35N5O/c1-20-12-14-30(15-13-20)25(29)31(19-26(2,3)18-28)23-8-10-24(11-9-23)32-17-22-6-4-21(16-27)5-7-22/h4-11,20,29H,12-15,17-19,28H2,1-3H3.